The summed E-state index contributed by atoms with van der Waals surface area (Å²) in [6.07, 6.45) is 3.52. The molecule has 0 aliphatic rings. The van der Waals surface area contributed by atoms with E-state index in [-0.39, 0.29) is 17.6 Å². The van der Waals surface area contributed by atoms with Crippen molar-refractivity contribution in [2.45, 2.75) is 12.1 Å². The first-order valence-electron chi connectivity index (χ1n) is 8.50. The monoisotopic (exact) mass is 414 g/mol. The van der Waals surface area contributed by atoms with E-state index in [9.17, 15) is 9.59 Å². The number of hydrogen-bond acceptors (Lipinski definition) is 4. The van der Waals surface area contributed by atoms with Gasteiger partial charge in [-0.2, -0.15) is 0 Å². The molecule has 0 aliphatic heterocycles. The van der Waals surface area contributed by atoms with Crippen LogP contribution >= 0.6 is 23.4 Å². The number of aryl methyl sites for hydroxylation is 2. The maximum Gasteiger partial charge on any atom is 0.255 e. The molecule has 0 saturated heterocycles. The van der Waals surface area contributed by atoms with Crippen LogP contribution < -0.4 is 10.6 Å². The van der Waals surface area contributed by atoms with Crippen LogP contribution in [0.25, 0.3) is 0 Å². The Morgan fingerprint density at radius 3 is 2.46 bits per heavy atom. The molecular weight excluding hydrogens is 396 g/mol. The Bertz CT molecular complexity index is 1000. The average molecular weight is 415 g/mol. The highest BCUT2D eigenvalue weighted by atomic mass is 35.5. The number of nitrogens with zero attached hydrogens (tertiary/aromatic N) is 2. The quantitative estimate of drug-likeness (QED) is 0.587. The summed E-state index contributed by atoms with van der Waals surface area (Å²) in [4.78, 5) is 28.6. The molecule has 1 aromatic heterocycles. The van der Waals surface area contributed by atoms with E-state index in [1.807, 2.05) is 30.8 Å². The highest BCUT2D eigenvalue weighted by Gasteiger charge is 2.09. The summed E-state index contributed by atoms with van der Waals surface area (Å²) >= 11 is 7.44. The molecule has 6 nitrogen and oxygen atoms in total. The van der Waals surface area contributed by atoms with Gasteiger partial charge in [0.2, 0.25) is 5.91 Å². The molecule has 8 heteroatoms. The number of carbonyl (C=O) groups is 2. The second-order valence-electron chi connectivity index (χ2n) is 6.15. The third-order valence-electron chi connectivity index (χ3n) is 3.97. The molecule has 28 heavy (non-hydrogen) atoms. The van der Waals surface area contributed by atoms with Crippen LogP contribution in [-0.2, 0) is 11.8 Å². The maximum absolute atomic E-state index is 12.4. The fourth-order valence-corrected chi connectivity index (χ4v) is 3.31. The van der Waals surface area contributed by atoms with E-state index in [1.54, 1.807) is 42.6 Å². The molecule has 0 spiro atoms. The van der Waals surface area contributed by atoms with E-state index in [1.165, 1.54) is 11.8 Å². The van der Waals surface area contributed by atoms with E-state index >= 15 is 0 Å². The zero-order chi connectivity index (χ0) is 20.1. The minimum absolute atomic E-state index is 0.139. The minimum Gasteiger partial charge on any atom is -0.329 e. The normalized spacial score (nSPS) is 10.5. The Morgan fingerprint density at radius 2 is 1.82 bits per heavy atom. The van der Waals surface area contributed by atoms with Crippen LogP contribution in [0, 0.1) is 6.92 Å². The van der Waals surface area contributed by atoms with Gasteiger partial charge in [0.15, 0.2) is 5.16 Å². The van der Waals surface area contributed by atoms with Crippen molar-refractivity contribution in [1.82, 2.24) is 9.55 Å². The number of rotatable bonds is 6. The number of anilines is 2. The largest absolute Gasteiger partial charge is 0.329 e. The third kappa shape index (κ3) is 5.15. The van der Waals surface area contributed by atoms with Crippen LogP contribution in [0.3, 0.4) is 0 Å². The van der Waals surface area contributed by atoms with Crippen LogP contribution in [0.1, 0.15) is 15.9 Å². The molecule has 0 radical (unpaired) electrons. The summed E-state index contributed by atoms with van der Waals surface area (Å²) in [6.45, 7) is 1.90. The lowest BCUT2D eigenvalue weighted by atomic mass is 10.1. The summed E-state index contributed by atoms with van der Waals surface area (Å²) in [7, 11) is 1.88. The van der Waals surface area contributed by atoms with E-state index in [4.69, 9.17) is 11.6 Å². The van der Waals surface area contributed by atoms with Gasteiger partial charge in [0.05, 0.1) is 5.75 Å². The van der Waals surface area contributed by atoms with Crippen molar-refractivity contribution in [1.29, 1.82) is 0 Å². The predicted molar refractivity (Wildman–Crippen MR) is 113 cm³/mol. The van der Waals surface area contributed by atoms with Gasteiger partial charge in [-0.1, -0.05) is 29.4 Å². The number of nitrogens with one attached hydrogen (secondary N) is 2. The number of halogens is 1. The number of carbonyl (C=O) groups excluding carboxylic acids is 2. The minimum atomic E-state index is -0.247. The molecule has 3 aromatic rings. The van der Waals surface area contributed by atoms with E-state index < -0.39 is 0 Å². The summed E-state index contributed by atoms with van der Waals surface area (Å²) in [5.41, 5.74) is 2.68. The van der Waals surface area contributed by atoms with Crippen molar-refractivity contribution in [2.75, 3.05) is 16.4 Å². The molecule has 2 amide bonds. The molecule has 144 valence electrons. The summed E-state index contributed by atoms with van der Waals surface area (Å²) in [6, 6.07) is 12.1. The molecule has 2 aromatic carbocycles. The number of imidazole rings is 1. The molecule has 0 unspecified atom stereocenters. The van der Waals surface area contributed by atoms with Gasteiger partial charge in [-0.15, -0.1) is 0 Å². The van der Waals surface area contributed by atoms with Gasteiger partial charge in [-0.3, -0.25) is 9.59 Å². The number of thioether (sulfide) groups is 1. The Kier molecular flexibility index (Phi) is 6.38. The highest BCUT2D eigenvalue weighted by Crippen LogP contribution is 2.21. The van der Waals surface area contributed by atoms with Gasteiger partial charge in [-0.05, 0) is 48.9 Å². The molecule has 0 atom stereocenters. The fourth-order valence-electron chi connectivity index (χ4n) is 2.40. The molecule has 0 fully saturated rings. The van der Waals surface area contributed by atoms with Crippen molar-refractivity contribution >= 4 is 46.6 Å². The van der Waals surface area contributed by atoms with Crippen molar-refractivity contribution in [2.24, 2.45) is 7.05 Å². The zero-order valence-corrected chi connectivity index (χ0v) is 17.0. The highest BCUT2D eigenvalue weighted by molar-refractivity contribution is 7.99. The van der Waals surface area contributed by atoms with Crippen LogP contribution in [0.5, 0.6) is 0 Å². The fraction of sp³-hybridized carbons (Fsp3) is 0.150. The van der Waals surface area contributed by atoms with Crippen LogP contribution in [0.4, 0.5) is 11.4 Å². The van der Waals surface area contributed by atoms with Crippen LogP contribution in [-0.4, -0.2) is 27.1 Å². The van der Waals surface area contributed by atoms with Crippen molar-refractivity contribution in [3.05, 3.63) is 71.0 Å². The van der Waals surface area contributed by atoms with Crippen molar-refractivity contribution < 1.29 is 9.59 Å². The molecule has 0 saturated carbocycles. The first kappa shape index (κ1) is 20.0. The first-order chi connectivity index (χ1) is 13.4. The summed E-state index contributed by atoms with van der Waals surface area (Å²) in [5.74, 6) is -0.135. The molecule has 0 bridgehead atoms. The standard InChI is InChI=1S/C20H19ClN4O2S/c1-13-3-6-16(11-17(13)21)24-19(27)14-4-7-15(8-5-14)23-18(26)12-28-20-22-9-10-25(20)2/h3-11H,12H2,1-2H3,(H,23,26)(H,24,27). The smallest absolute Gasteiger partial charge is 0.255 e. The number of benzene rings is 2. The van der Waals surface area contributed by atoms with Crippen LogP contribution in [0.15, 0.2) is 60.0 Å². The lowest BCUT2D eigenvalue weighted by molar-refractivity contribution is -0.113. The van der Waals surface area contributed by atoms with Crippen molar-refractivity contribution in [3.8, 4) is 0 Å². The molecule has 1 heterocycles. The van der Waals surface area contributed by atoms with E-state index in [0.29, 0.717) is 22.0 Å². The van der Waals surface area contributed by atoms with Gasteiger partial charge in [0, 0.05) is 41.4 Å². The van der Waals surface area contributed by atoms with Gasteiger partial charge in [-0.25, -0.2) is 4.98 Å². The van der Waals surface area contributed by atoms with E-state index in [0.717, 1.165) is 10.7 Å². The zero-order valence-electron chi connectivity index (χ0n) is 15.4. The number of hydrogen-bond donors (Lipinski definition) is 2. The summed E-state index contributed by atoms with van der Waals surface area (Å²) < 4.78 is 1.85. The van der Waals surface area contributed by atoms with Crippen molar-refractivity contribution in [3.63, 3.8) is 0 Å². The molecular formula is C20H19ClN4O2S. The lowest BCUT2D eigenvalue weighted by Crippen LogP contribution is -2.15. The Hall–Kier alpha value is -2.77. The maximum atomic E-state index is 12.4. The van der Waals surface area contributed by atoms with Gasteiger partial charge in [0.25, 0.3) is 5.91 Å². The summed E-state index contributed by atoms with van der Waals surface area (Å²) in [5, 5.41) is 6.98. The topological polar surface area (TPSA) is 76.0 Å². The third-order valence-corrected chi connectivity index (χ3v) is 5.44. The van der Waals surface area contributed by atoms with Gasteiger partial charge in [0.1, 0.15) is 0 Å². The lowest BCUT2D eigenvalue weighted by Gasteiger charge is -2.08. The van der Waals surface area contributed by atoms with E-state index in [2.05, 4.69) is 15.6 Å². The predicted octanol–water partition coefficient (Wildman–Crippen LogP) is 4.37. The SMILES string of the molecule is Cc1ccc(NC(=O)c2ccc(NC(=O)CSc3nccn3C)cc2)cc1Cl. The number of aromatic nitrogens is 2. The Labute approximate surface area is 172 Å². The molecule has 2 N–H and O–H groups in total. The molecule has 3 rings (SSSR count). The van der Waals surface area contributed by atoms with Gasteiger partial charge < -0.3 is 15.2 Å². The first-order valence-corrected chi connectivity index (χ1v) is 9.86. The molecule has 0 aliphatic carbocycles. The Balaban J connectivity index is 1.55. The number of amides is 2. The second kappa shape index (κ2) is 8.95. The van der Waals surface area contributed by atoms with Gasteiger partial charge >= 0.3 is 0 Å². The van der Waals surface area contributed by atoms with Crippen LogP contribution in [0.2, 0.25) is 5.02 Å². The second-order valence-corrected chi connectivity index (χ2v) is 7.50. The average Bonchev–Trinajstić information content (AvgIpc) is 3.08. The Morgan fingerprint density at radius 1 is 1.11 bits per heavy atom.